The van der Waals surface area contributed by atoms with Crippen LogP contribution in [0.25, 0.3) is 0 Å². The van der Waals surface area contributed by atoms with Gasteiger partial charge in [-0.1, -0.05) is 46.5 Å². The van der Waals surface area contributed by atoms with Crippen molar-refractivity contribution in [2.24, 2.45) is 0 Å². The Morgan fingerprint density at radius 1 is 1.04 bits per heavy atom. The zero-order valence-electron chi connectivity index (χ0n) is 15.5. The molecule has 0 radical (unpaired) electrons. The third-order valence-electron chi connectivity index (χ3n) is 3.74. The highest BCUT2D eigenvalue weighted by atomic mass is 31.2. The van der Waals surface area contributed by atoms with Gasteiger partial charge >= 0.3 is 13.9 Å². The van der Waals surface area contributed by atoms with E-state index in [9.17, 15) is 14.2 Å². The van der Waals surface area contributed by atoms with Crippen LogP contribution in [0.4, 0.5) is 4.79 Å². The highest BCUT2D eigenvalue weighted by molar-refractivity contribution is 7.48. The summed E-state index contributed by atoms with van der Waals surface area (Å²) in [4.78, 5) is 24.4. The molecule has 8 nitrogen and oxygen atoms in total. The number of amides is 3. The Morgan fingerprint density at radius 3 is 2.08 bits per heavy atom. The van der Waals surface area contributed by atoms with E-state index >= 15 is 0 Å². The van der Waals surface area contributed by atoms with Crippen LogP contribution in [0.15, 0.2) is 0 Å². The highest BCUT2D eigenvalue weighted by Gasteiger charge is 2.40. The molecule has 1 aliphatic rings. The average Bonchev–Trinajstić information content (AvgIpc) is 2.57. The number of imide groups is 1. The smallest absolute Gasteiger partial charge is 0.333 e. The van der Waals surface area contributed by atoms with Gasteiger partial charge in [0, 0.05) is 12.5 Å². The predicted molar refractivity (Wildman–Crippen MR) is 93.7 cm³/mol. The Kier molecular flexibility index (Phi) is 10.3. The Morgan fingerprint density at radius 2 is 1.60 bits per heavy atom. The molecule has 0 spiro atoms. The number of nitrogens with zero attached hydrogens (tertiary/aromatic N) is 1. The maximum absolute atomic E-state index is 12.7. The van der Waals surface area contributed by atoms with Gasteiger partial charge < -0.3 is 5.32 Å². The fraction of sp³-hybridized carbons (Fsp3) is 0.875. The van der Waals surface area contributed by atoms with E-state index in [1.165, 1.54) is 0 Å². The van der Waals surface area contributed by atoms with Crippen LogP contribution >= 0.6 is 7.82 Å². The van der Waals surface area contributed by atoms with Gasteiger partial charge in [-0.2, -0.15) is 4.62 Å². The molecule has 3 amide bonds. The van der Waals surface area contributed by atoms with E-state index in [4.69, 9.17) is 13.7 Å². The van der Waals surface area contributed by atoms with E-state index in [1.807, 2.05) is 20.8 Å². The van der Waals surface area contributed by atoms with Crippen LogP contribution in [0.3, 0.4) is 0 Å². The third-order valence-corrected chi connectivity index (χ3v) is 5.10. The summed E-state index contributed by atoms with van der Waals surface area (Å²) in [5.74, 6) is -0.539. The average molecular weight is 378 g/mol. The summed E-state index contributed by atoms with van der Waals surface area (Å²) in [6, 6.07) is -0.947. The standard InChI is InChI=1S/C16H31N2O6P/c1-4-7-10-14-13-15(19)18(16(20)17-14)24-25(21,22-11-8-5-2)23-12-9-6-3/h14H,4-13H2,1-3H3,(H,17,20). The second-order valence-corrected chi connectivity index (χ2v) is 7.66. The fourth-order valence-corrected chi connectivity index (χ4v) is 3.46. The molecule has 0 bridgehead atoms. The molecule has 9 heteroatoms. The summed E-state index contributed by atoms with van der Waals surface area (Å²) in [6.07, 6.45) is 5.75. The number of carbonyl (C=O) groups excluding carboxylic acids is 2. The lowest BCUT2D eigenvalue weighted by Gasteiger charge is -2.31. The van der Waals surface area contributed by atoms with Crippen molar-refractivity contribution in [2.45, 2.75) is 78.2 Å². The van der Waals surface area contributed by atoms with E-state index in [0.29, 0.717) is 17.9 Å². The third kappa shape index (κ3) is 7.86. The molecular weight excluding hydrogens is 347 g/mol. The molecule has 1 atom stereocenters. The zero-order valence-corrected chi connectivity index (χ0v) is 16.4. The van der Waals surface area contributed by atoms with E-state index in [0.717, 1.165) is 32.1 Å². The van der Waals surface area contributed by atoms with Crippen LogP contribution in [0.1, 0.15) is 72.1 Å². The Hall–Kier alpha value is -0.950. The summed E-state index contributed by atoms with van der Waals surface area (Å²) >= 11 is 0. The number of unbranched alkanes of at least 4 members (excludes halogenated alkanes) is 3. The van der Waals surface area contributed by atoms with Gasteiger partial charge in [-0.25, -0.2) is 9.36 Å². The van der Waals surface area contributed by atoms with Crippen LogP contribution in [0.2, 0.25) is 0 Å². The molecule has 25 heavy (non-hydrogen) atoms. The normalized spacial score (nSPS) is 18.5. The van der Waals surface area contributed by atoms with Crippen molar-refractivity contribution in [3.05, 3.63) is 0 Å². The van der Waals surface area contributed by atoms with Gasteiger partial charge in [0.25, 0.3) is 5.91 Å². The van der Waals surface area contributed by atoms with Gasteiger partial charge in [0.15, 0.2) is 0 Å². The molecule has 1 fully saturated rings. The first-order valence-corrected chi connectivity index (χ1v) is 10.6. The molecule has 146 valence electrons. The van der Waals surface area contributed by atoms with Crippen molar-refractivity contribution in [2.75, 3.05) is 13.2 Å². The second-order valence-electron chi connectivity index (χ2n) is 6.08. The molecule has 0 aromatic carbocycles. The van der Waals surface area contributed by atoms with Gasteiger partial charge in [-0.3, -0.25) is 13.8 Å². The lowest BCUT2D eigenvalue weighted by molar-refractivity contribution is -0.155. The largest absolute Gasteiger partial charge is 0.497 e. The van der Waals surface area contributed by atoms with Crippen molar-refractivity contribution < 1.29 is 27.8 Å². The summed E-state index contributed by atoms with van der Waals surface area (Å²) in [6.45, 7) is 6.31. The summed E-state index contributed by atoms with van der Waals surface area (Å²) in [5.41, 5.74) is 0. The summed E-state index contributed by atoms with van der Waals surface area (Å²) < 4.78 is 28.4. The maximum Gasteiger partial charge on any atom is 0.497 e. The van der Waals surface area contributed by atoms with Gasteiger partial charge in [-0.05, 0) is 19.3 Å². The first kappa shape index (κ1) is 22.1. The van der Waals surface area contributed by atoms with Crippen LogP contribution in [-0.4, -0.2) is 36.3 Å². The maximum atomic E-state index is 12.7. The van der Waals surface area contributed by atoms with E-state index in [-0.39, 0.29) is 25.7 Å². The van der Waals surface area contributed by atoms with Crippen molar-refractivity contribution in [3.63, 3.8) is 0 Å². The number of phosphoric acid groups is 1. The van der Waals surface area contributed by atoms with Crippen molar-refractivity contribution in [1.82, 2.24) is 10.4 Å². The lowest BCUT2D eigenvalue weighted by Crippen LogP contribution is -2.54. The Bertz CT molecular complexity index is 442. The van der Waals surface area contributed by atoms with Gasteiger partial charge in [-0.15, -0.1) is 5.06 Å². The molecule has 0 aliphatic carbocycles. The number of phosphoric ester groups is 1. The monoisotopic (exact) mass is 378 g/mol. The summed E-state index contributed by atoms with van der Waals surface area (Å²) in [5, 5.41) is 3.18. The molecule has 1 unspecified atom stereocenters. The molecular formula is C16H31N2O6P. The number of hydroxylamine groups is 2. The Labute approximate surface area is 150 Å². The van der Waals surface area contributed by atoms with E-state index < -0.39 is 19.8 Å². The molecule has 1 aliphatic heterocycles. The molecule has 1 N–H and O–H groups in total. The first-order valence-electron chi connectivity index (χ1n) is 9.18. The van der Waals surface area contributed by atoms with E-state index in [2.05, 4.69) is 5.32 Å². The Balaban J connectivity index is 2.69. The molecule has 0 aromatic heterocycles. The molecule has 0 saturated carbocycles. The molecule has 1 rings (SSSR count). The number of hydrogen-bond donors (Lipinski definition) is 1. The minimum atomic E-state index is -4.02. The van der Waals surface area contributed by atoms with Crippen molar-refractivity contribution >= 4 is 19.8 Å². The molecule has 1 heterocycles. The lowest BCUT2D eigenvalue weighted by atomic mass is 10.1. The topological polar surface area (TPSA) is 94.2 Å². The van der Waals surface area contributed by atoms with Crippen molar-refractivity contribution in [1.29, 1.82) is 0 Å². The zero-order chi connectivity index (χ0) is 18.7. The summed E-state index contributed by atoms with van der Waals surface area (Å²) in [7, 11) is -4.02. The number of nitrogens with one attached hydrogen (secondary N) is 1. The second kappa shape index (κ2) is 11.6. The van der Waals surface area contributed by atoms with Crippen LogP contribution in [-0.2, 0) is 23.0 Å². The number of urea groups is 1. The van der Waals surface area contributed by atoms with E-state index in [1.54, 1.807) is 0 Å². The number of hydrogen-bond acceptors (Lipinski definition) is 6. The van der Waals surface area contributed by atoms with Gasteiger partial charge in [0.1, 0.15) is 0 Å². The SMILES string of the molecule is CCCCOP(=O)(OCCCC)ON1C(=O)CC(CCCC)NC1=O. The van der Waals surface area contributed by atoms with Crippen LogP contribution in [0.5, 0.6) is 0 Å². The minimum absolute atomic E-state index is 0.107. The predicted octanol–water partition coefficient (Wildman–Crippen LogP) is 4.16. The van der Waals surface area contributed by atoms with Crippen LogP contribution < -0.4 is 5.32 Å². The van der Waals surface area contributed by atoms with Crippen molar-refractivity contribution in [3.8, 4) is 0 Å². The van der Waals surface area contributed by atoms with Gasteiger partial charge in [0.05, 0.1) is 13.2 Å². The fourth-order valence-electron chi connectivity index (χ4n) is 2.22. The number of rotatable bonds is 13. The molecule has 1 saturated heterocycles. The highest BCUT2D eigenvalue weighted by Crippen LogP contribution is 2.51. The first-order chi connectivity index (χ1) is 12.0. The quantitative estimate of drug-likeness (QED) is 0.382. The minimum Gasteiger partial charge on any atom is -0.333 e. The number of carbonyl (C=O) groups is 2. The van der Waals surface area contributed by atoms with Crippen LogP contribution in [0, 0.1) is 0 Å². The van der Waals surface area contributed by atoms with Gasteiger partial charge in [0.2, 0.25) is 0 Å². The molecule has 0 aromatic rings.